The summed E-state index contributed by atoms with van der Waals surface area (Å²) < 4.78 is 32.5. The van der Waals surface area contributed by atoms with E-state index in [-0.39, 0.29) is 11.4 Å². The highest BCUT2D eigenvalue weighted by atomic mass is 32.2. The second-order valence-corrected chi connectivity index (χ2v) is 7.29. The number of sulfonamides is 1. The number of carbonyl (C=O) groups is 1. The van der Waals surface area contributed by atoms with Crippen LogP contribution in [0.2, 0.25) is 0 Å². The molecule has 0 unspecified atom stereocenters. The number of benzene rings is 2. The summed E-state index contributed by atoms with van der Waals surface area (Å²) >= 11 is 0. The van der Waals surface area contributed by atoms with Crippen molar-refractivity contribution in [2.45, 2.75) is 18.7 Å². The fourth-order valence-electron chi connectivity index (χ4n) is 2.24. The molecule has 25 heavy (non-hydrogen) atoms. The van der Waals surface area contributed by atoms with Gasteiger partial charge < -0.3 is 10.1 Å². The summed E-state index contributed by atoms with van der Waals surface area (Å²) in [7, 11) is -2.40. The van der Waals surface area contributed by atoms with Gasteiger partial charge in [0.15, 0.2) is 0 Å². The van der Waals surface area contributed by atoms with Crippen LogP contribution in [0.5, 0.6) is 5.75 Å². The number of carbonyl (C=O) groups excluding carboxylic acids is 1. The summed E-state index contributed by atoms with van der Waals surface area (Å²) in [6.45, 7) is 3.96. The van der Waals surface area contributed by atoms with Gasteiger partial charge in [-0.3, -0.25) is 9.10 Å². The van der Waals surface area contributed by atoms with E-state index in [1.54, 1.807) is 36.4 Å². The number of anilines is 1. The molecule has 0 radical (unpaired) electrons. The van der Waals surface area contributed by atoms with Gasteiger partial charge in [0, 0.05) is 7.05 Å². The van der Waals surface area contributed by atoms with Crippen LogP contribution in [0.15, 0.2) is 53.4 Å². The van der Waals surface area contributed by atoms with E-state index in [2.05, 4.69) is 5.32 Å². The molecule has 134 valence electrons. The lowest BCUT2D eigenvalue weighted by Crippen LogP contribution is -2.39. The van der Waals surface area contributed by atoms with Gasteiger partial charge in [-0.2, -0.15) is 0 Å². The summed E-state index contributed by atoms with van der Waals surface area (Å²) in [6, 6.07) is 13.1. The number of likely N-dealkylation sites (N-methyl/N-ethyl adjacent to an activating group) is 1. The lowest BCUT2D eigenvalue weighted by molar-refractivity contribution is -0.119. The van der Waals surface area contributed by atoms with Crippen molar-refractivity contribution in [2.75, 3.05) is 24.5 Å². The molecule has 0 bridgehead atoms. The van der Waals surface area contributed by atoms with Gasteiger partial charge in [0.2, 0.25) is 5.91 Å². The van der Waals surface area contributed by atoms with Crippen LogP contribution in [0.1, 0.15) is 12.5 Å². The van der Waals surface area contributed by atoms with E-state index in [9.17, 15) is 13.2 Å². The van der Waals surface area contributed by atoms with Crippen LogP contribution in [-0.2, 0) is 14.8 Å². The second-order valence-electron chi connectivity index (χ2n) is 5.42. The molecule has 0 heterocycles. The van der Waals surface area contributed by atoms with Crippen LogP contribution < -0.4 is 14.4 Å². The average molecular weight is 362 g/mol. The van der Waals surface area contributed by atoms with Crippen molar-refractivity contribution in [3.05, 3.63) is 54.1 Å². The minimum absolute atomic E-state index is 0.135. The molecular formula is C18H22N2O4S. The lowest BCUT2D eigenvalue weighted by atomic mass is 10.2. The minimum atomic E-state index is -3.87. The number of nitrogens with one attached hydrogen (secondary N) is 1. The highest BCUT2D eigenvalue weighted by Gasteiger charge is 2.26. The van der Waals surface area contributed by atoms with E-state index in [0.717, 1.165) is 9.87 Å². The summed E-state index contributed by atoms with van der Waals surface area (Å²) in [5.41, 5.74) is 1.35. The average Bonchev–Trinajstić information content (AvgIpc) is 2.61. The molecule has 0 spiro atoms. The van der Waals surface area contributed by atoms with E-state index in [4.69, 9.17) is 4.74 Å². The fourth-order valence-corrected chi connectivity index (χ4v) is 3.66. The molecule has 0 fully saturated rings. The van der Waals surface area contributed by atoms with E-state index in [0.29, 0.717) is 18.0 Å². The highest BCUT2D eigenvalue weighted by Crippen LogP contribution is 2.26. The Balaban J connectivity index is 2.44. The van der Waals surface area contributed by atoms with Crippen LogP contribution in [0.4, 0.5) is 5.69 Å². The monoisotopic (exact) mass is 362 g/mol. The number of nitrogens with zero attached hydrogens (tertiary/aromatic N) is 1. The zero-order chi connectivity index (χ0) is 18.4. The maximum absolute atomic E-state index is 13.0. The lowest BCUT2D eigenvalue weighted by Gasteiger charge is -2.24. The molecule has 0 saturated carbocycles. The molecule has 0 aliphatic rings. The number of ether oxygens (including phenoxy) is 1. The summed E-state index contributed by atoms with van der Waals surface area (Å²) in [5, 5.41) is 2.46. The smallest absolute Gasteiger partial charge is 0.264 e. The van der Waals surface area contributed by atoms with Gasteiger partial charge in [0.05, 0.1) is 17.2 Å². The highest BCUT2D eigenvalue weighted by molar-refractivity contribution is 7.92. The molecule has 6 nitrogen and oxygen atoms in total. The van der Waals surface area contributed by atoms with Crippen LogP contribution in [0, 0.1) is 6.92 Å². The molecule has 0 saturated heterocycles. The minimum Gasteiger partial charge on any atom is -0.494 e. The first-order valence-corrected chi connectivity index (χ1v) is 9.35. The largest absolute Gasteiger partial charge is 0.494 e. The Morgan fingerprint density at radius 2 is 1.68 bits per heavy atom. The Morgan fingerprint density at radius 1 is 1.08 bits per heavy atom. The van der Waals surface area contributed by atoms with Gasteiger partial charge in [0.1, 0.15) is 12.3 Å². The molecule has 0 aliphatic carbocycles. The van der Waals surface area contributed by atoms with Crippen molar-refractivity contribution in [3.63, 3.8) is 0 Å². The molecule has 1 amide bonds. The van der Waals surface area contributed by atoms with Crippen molar-refractivity contribution in [1.29, 1.82) is 0 Å². The van der Waals surface area contributed by atoms with Gasteiger partial charge in [-0.15, -0.1) is 0 Å². The standard InChI is InChI=1S/C18H22N2O4S/c1-4-24-16-9-7-15(8-10-16)20(13-18(21)19-3)25(22,23)17-11-5-14(2)6-12-17/h5-12H,4,13H2,1-3H3,(H,19,21). The second kappa shape index (κ2) is 8.02. The van der Waals surface area contributed by atoms with Gasteiger partial charge in [-0.25, -0.2) is 8.42 Å². The molecule has 7 heteroatoms. The van der Waals surface area contributed by atoms with E-state index in [1.807, 2.05) is 13.8 Å². The van der Waals surface area contributed by atoms with Crippen LogP contribution >= 0.6 is 0 Å². The summed E-state index contributed by atoms with van der Waals surface area (Å²) in [4.78, 5) is 12.0. The topological polar surface area (TPSA) is 75.7 Å². The van der Waals surface area contributed by atoms with E-state index in [1.165, 1.54) is 19.2 Å². The third kappa shape index (κ3) is 4.51. The number of rotatable bonds is 7. The molecular weight excluding hydrogens is 340 g/mol. The Hall–Kier alpha value is -2.54. The molecule has 2 rings (SSSR count). The van der Waals surface area contributed by atoms with Crippen molar-refractivity contribution < 1.29 is 17.9 Å². The molecule has 2 aromatic carbocycles. The van der Waals surface area contributed by atoms with Gasteiger partial charge in [0.25, 0.3) is 10.0 Å². The number of hydrogen-bond donors (Lipinski definition) is 1. The van der Waals surface area contributed by atoms with Crippen LogP contribution in [0.3, 0.4) is 0 Å². The maximum atomic E-state index is 13.0. The Kier molecular flexibility index (Phi) is 6.03. The van der Waals surface area contributed by atoms with Gasteiger partial charge in [-0.05, 0) is 50.2 Å². The third-order valence-electron chi connectivity index (χ3n) is 3.61. The molecule has 0 atom stereocenters. The van der Waals surface area contributed by atoms with E-state index < -0.39 is 15.9 Å². The molecule has 0 aromatic heterocycles. The zero-order valence-electron chi connectivity index (χ0n) is 14.5. The van der Waals surface area contributed by atoms with Crippen LogP contribution in [-0.4, -0.2) is 34.5 Å². The molecule has 0 aliphatic heterocycles. The maximum Gasteiger partial charge on any atom is 0.264 e. The van der Waals surface area contributed by atoms with Crippen molar-refractivity contribution in [2.24, 2.45) is 0 Å². The van der Waals surface area contributed by atoms with Crippen molar-refractivity contribution in [3.8, 4) is 5.75 Å². The first-order valence-electron chi connectivity index (χ1n) is 7.91. The Bertz CT molecular complexity index is 815. The quantitative estimate of drug-likeness (QED) is 0.820. The molecule has 1 N–H and O–H groups in total. The normalized spacial score (nSPS) is 11.0. The van der Waals surface area contributed by atoms with Crippen LogP contribution in [0.25, 0.3) is 0 Å². The van der Waals surface area contributed by atoms with E-state index >= 15 is 0 Å². The van der Waals surface area contributed by atoms with Gasteiger partial charge >= 0.3 is 0 Å². The Labute approximate surface area is 148 Å². The fraction of sp³-hybridized carbons (Fsp3) is 0.278. The molecule has 2 aromatic rings. The number of hydrogen-bond acceptors (Lipinski definition) is 4. The first-order chi connectivity index (χ1) is 11.9. The number of amides is 1. The predicted molar refractivity (Wildman–Crippen MR) is 97.4 cm³/mol. The first kappa shape index (κ1) is 18.8. The summed E-state index contributed by atoms with van der Waals surface area (Å²) in [5.74, 6) is 0.239. The SMILES string of the molecule is CCOc1ccc(N(CC(=O)NC)S(=O)(=O)c2ccc(C)cc2)cc1. The third-order valence-corrected chi connectivity index (χ3v) is 5.40. The van der Waals surface area contributed by atoms with Crippen molar-refractivity contribution in [1.82, 2.24) is 5.32 Å². The number of aryl methyl sites for hydroxylation is 1. The van der Waals surface area contributed by atoms with Crippen molar-refractivity contribution >= 4 is 21.6 Å². The summed E-state index contributed by atoms with van der Waals surface area (Å²) in [6.07, 6.45) is 0. The van der Waals surface area contributed by atoms with Gasteiger partial charge in [-0.1, -0.05) is 17.7 Å². The predicted octanol–water partition coefficient (Wildman–Crippen LogP) is 2.34. The Morgan fingerprint density at radius 3 is 2.20 bits per heavy atom. The zero-order valence-corrected chi connectivity index (χ0v) is 15.3.